The number of amides is 2. The molecule has 7 nitrogen and oxygen atoms in total. The molecular formula is C20H25N3O4. The number of hydrogen-bond donors (Lipinski definition) is 1. The van der Waals surface area contributed by atoms with E-state index in [1.807, 2.05) is 19.9 Å². The number of rotatable bonds is 5. The van der Waals surface area contributed by atoms with Gasteiger partial charge in [0.05, 0.1) is 18.9 Å². The molecule has 1 aromatic carbocycles. The van der Waals surface area contributed by atoms with Crippen molar-refractivity contribution in [2.24, 2.45) is 5.92 Å². The van der Waals surface area contributed by atoms with E-state index in [1.54, 1.807) is 30.3 Å². The Bertz CT molecular complexity index is 802. The van der Waals surface area contributed by atoms with E-state index < -0.39 is 6.04 Å². The van der Waals surface area contributed by atoms with Gasteiger partial charge in [-0.05, 0) is 31.4 Å². The minimum atomic E-state index is -0.436. The van der Waals surface area contributed by atoms with Crippen LogP contribution in [0.25, 0.3) is 11.3 Å². The van der Waals surface area contributed by atoms with Crippen LogP contribution in [0.1, 0.15) is 33.1 Å². The SMILES string of the molecule is COc1cc(NC(=O)C2CCCCN2C(=O)C(C)C)ccc1-c1cnco1. The van der Waals surface area contributed by atoms with E-state index in [1.165, 1.54) is 6.39 Å². The molecule has 0 saturated carbocycles. The van der Waals surface area contributed by atoms with Crippen molar-refractivity contribution < 1.29 is 18.7 Å². The highest BCUT2D eigenvalue weighted by Gasteiger charge is 2.33. The predicted octanol–water partition coefficient (Wildman–Crippen LogP) is 3.33. The van der Waals surface area contributed by atoms with E-state index in [0.717, 1.165) is 18.4 Å². The summed E-state index contributed by atoms with van der Waals surface area (Å²) in [6, 6.07) is 4.91. The molecule has 1 unspecified atom stereocenters. The Morgan fingerprint density at radius 3 is 2.81 bits per heavy atom. The van der Waals surface area contributed by atoms with Gasteiger partial charge in [0, 0.05) is 24.2 Å². The highest BCUT2D eigenvalue weighted by Crippen LogP contribution is 2.32. The minimum absolute atomic E-state index is 0.0214. The largest absolute Gasteiger partial charge is 0.496 e. The van der Waals surface area contributed by atoms with Gasteiger partial charge in [-0.3, -0.25) is 9.59 Å². The molecule has 2 heterocycles. The van der Waals surface area contributed by atoms with Crippen LogP contribution in [0.5, 0.6) is 5.75 Å². The Morgan fingerprint density at radius 1 is 1.33 bits per heavy atom. The first-order chi connectivity index (χ1) is 13.0. The number of carbonyl (C=O) groups excluding carboxylic acids is 2. The van der Waals surface area contributed by atoms with Gasteiger partial charge in [-0.2, -0.15) is 0 Å². The molecule has 0 aliphatic carbocycles. The Hall–Kier alpha value is -2.83. The van der Waals surface area contributed by atoms with Crippen LogP contribution in [0, 0.1) is 5.92 Å². The van der Waals surface area contributed by atoms with Crippen molar-refractivity contribution in [3.8, 4) is 17.1 Å². The number of hydrogen-bond acceptors (Lipinski definition) is 5. The van der Waals surface area contributed by atoms with Crippen LogP contribution in [0.4, 0.5) is 5.69 Å². The predicted molar refractivity (Wildman–Crippen MR) is 101 cm³/mol. The van der Waals surface area contributed by atoms with Gasteiger partial charge >= 0.3 is 0 Å². The molecule has 1 aliphatic heterocycles. The van der Waals surface area contributed by atoms with Gasteiger partial charge in [-0.25, -0.2) is 4.98 Å². The van der Waals surface area contributed by atoms with Gasteiger partial charge in [-0.15, -0.1) is 0 Å². The zero-order valence-corrected chi connectivity index (χ0v) is 15.9. The fourth-order valence-electron chi connectivity index (χ4n) is 3.35. The number of methoxy groups -OCH3 is 1. The molecule has 1 atom stereocenters. The van der Waals surface area contributed by atoms with E-state index in [9.17, 15) is 9.59 Å². The lowest BCUT2D eigenvalue weighted by Gasteiger charge is -2.35. The monoisotopic (exact) mass is 371 g/mol. The maximum atomic E-state index is 12.8. The quantitative estimate of drug-likeness (QED) is 0.871. The maximum Gasteiger partial charge on any atom is 0.247 e. The van der Waals surface area contributed by atoms with Crippen LogP contribution in [-0.2, 0) is 9.59 Å². The number of nitrogens with one attached hydrogen (secondary N) is 1. The number of oxazole rings is 1. The average molecular weight is 371 g/mol. The number of likely N-dealkylation sites (tertiary alicyclic amines) is 1. The molecule has 144 valence electrons. The molecule has 27 heavy (non-hydrogen) atoms. The van der Waals surface area contributed by atoms with E-state index in [4.69, 9.17) is 9.15 Å². The van der Waals surface area contributed by atoms with Crippen LogP contribution in [0.3, 0.4) is 0 Å². The van der Waals surface area contributed by atoms with Crippen LogP contribution >= 0.6 is 0 Å². The highest BCUT2D eigenvalue weighted by atomic mass is 16.5. The third kappa shape index (κ3) is 4.13. The molecule has 1 fully saturated rings. The summed E-state index contributed by atoms with van der Waals surface area (Å²) in [7, 11) is 1.56. The first kappa shape index (κ1) is 18.9. The standard InChI is InChI=1S/C20H25N3O4/c1-13(2)20(25)23-9-5-4-6-16(23)19(24)22-14-7-8-15(17(10-14)26-3)18-11-21-12-27-18/h7-8,10-13,16H,4-6,9H2,1-3H3,(H,22,24). The summed E-state index contributed by atoms with van der Waals surface area (Å²) in [4.78, 5) is 30.9. The van der Waals surface area contributed by atoms with Gasteiger partial charge < -0.3 is 19.4 Å². The van der Waals surface area contributed by atoms with Crippen LogP contribution in [0.2, 0.25) is 0 Å². The molecule has 0 spiro atoms. The summed E-state index contributed by atoms with van der Waals surface area (Å²) in [6.07, 6.45) is 5.51. The molecule has 1 aliphatic rings. The topological polar surface area (TPSA) is 84.7 Å². The molecule has 3 rings (SSSR count). The van der Waals surface area contributed by atoms with Gasteiger partial charge in [-0.1, -0.05) is 13.8 Å². The molecule has 0 bridgehead atoms. The third-order valence-corrected chi connectivity index (χ3v) is 4.75. The zero-order valence-electron chi connectivity index (χ0n) is 15.9. The van der Waals surface area contributed by atoms with Crippen molar-refractivity contribution in [1.29, 1.82) is 0 Å². The van der Waals surface area contributed by atoms with E-state index in [2.05, 4.69) is 10.3 Å². The minimum Gasteiger partial charge on any atom is -0.496 e. The molecule has 1 saturated heterocycles. The van der Waals surface area contributed by atoms with E-state index in [0.29, 0.717) is 30.2 Å². The second-order valence-electron chi connectivity index (χ2n) is 6.97. The smallest absolute Gasteiger partial charge is 0.247 e. The lowest BCUT2D eigenvalue weighted by atomic mass is 9.99. The van der Waals surface area contributed by atoms with E-state index in [-0.39, 0.29) is 17.7 Å². The summed E-state index contributed by atoms with van der Waals surface area (Å²) in [6.45, 7) is 4.35. The molecule has 2 amide bonds. The third-order valence-electron chi connectivity index (χ3n) is 4.75. The first-order valence-corrected chi connectivity index (χ1v) is 9.19. The van der Waals surface area contributed by atoms with Gasteiger partial charge in [0.2, 0.25) is 11.8 Å². The number of nitrogens with zero attached hydrogens (tertiary/aromatic N) is 2. The molecular weight excluding hydrogens is 346 g/mol. The fraction of sp³-hybridized carbons (Fsp3) is 0.450. The number of anilines is 1. The lowest BCUT2D eigenvalue weighted by Crippen LogP contribution is -2.51. The molecule has 2 aromatic rings. The van der Waals surface area contributed by atoms with Crippen molar-refractivity contribution >= 4 is 17.5 Å². The number of benzene rings is 1. The summed E-state index contributed by atoms with van der Waals surface area (Å²) >= 11 is 0. The summed E-state index contributed by atoms with van der Waals surface area (Å²) in [5.41, 5.74) is 1.37. The van der Waals surface area contributed by atoms with Crippen LogP contribution in [-0.4, -0.2) is 41.4 Å². The summed E-state index contributed by atoms with van der Waals surface area (Å²) < 4.78 is 10.7. The summed E-state index contributed by atoms with van der Waals surface area (Å²) in [5, 5.41) is 2.92. The fourth-order valence-corrected chi connectivity index (χ4v) is 3.35. The Labute approximate surface area is 158 Å². The van der Waals surface area contributed by atoms with Crippen molar-refractivity contribution in [2.75, 3.05) is 19.0 Å². The maximum absolute atomic E-state index is 12.8. The lowest BCUT2D eigenvalue weighted by molar-refractivity contribution is -0.142. The van der Waals surface area contributed by atoms with Crippen LogP contribution in [0.15, 0.2) is 35.2 Å². The second kappa shape index (κ2) is 8.24. The Balaban J connectivity index is 1.77. The van der Waals surface area contributed by atoms with Gasteiger partial charge in [0.15, 0.2) is 12.2 Å². The van der Waals surface area contributed by atoms with Gasteiger partial charge in [0.1, 0.15) is 11.8 Å². The first-order valence-electron chi connectivity index (χ1n) is 9.19. The van der Waals surface area contributed by atoms with Crippen molar-refractivity contribution in [1.82, 2.24) is 9.88 Å². The number of aromatic nitrogens is 1. The number of ether oxygens (including phenoxy) is 1. The Morgan fingerprint density at radius 2 is 2.15 bits per heavy atom. The zero-order chi connectivity index (χ0) is 19.4. The molecule has 1 aromatic heterocycles. The molecule has 7 heteroatoms. The molecule has 0 radical (unpaired) electrons. The normalized spacial score (nSPS) is 17.0. The molecule has 1 N–H and O–H groups in total. The van der Waals surface area contributed by atoms with E-state index >= 15 is 0 Å². The highest BCUT2D eigenvalue weighted by molar-refractivity contribution is 5.98. The van der Waals surface area contributed by atoms with Crippen molar-refractivity contribution in [3.63, 3.8) is 0 Å². The Kier molecular flexibility index (Phi) is 5.78. The average Bonchev–Trinajstić information content (AvgIpc) is 3.21. The summed E-state index contributed by atoms with van der Waals surface area (Å²) in [5.74, 6) is 0.889. The van der Waals surface area contributed by atoms with Crippen molar-refractivity contribution in [3.05, 3.63) is 30.8 Å². The second-order valence-corrected chi connectivity index (χ2v) is 6.97. The van der Waals surface area contributed by atoms with Crippen LogP contribution < -0.4 is 10.1 Å². The number of carbonyl (C=O) groups is 2. The van der Waals surface area contributed by atoms with Crippen molar-refractivity contribution in [2.45, 2.75) is 39.2 Å². The number of piperidine rings is 1. The van der Waals surface area contributed by atoms with Gasteiger partial charge in [0.25, 0.3) is 0 Å².